The number of unbranched alkanes of at least 4 members (excludes halogenated alkanes) is 2. The van der Waals surface area contributed by atoms with E-state index in [0.717, 1.165) is 35.8 Å². The molecule has 0 fully saturated rings. The van der Waals surface area contributed by atoms with Gasteiger partial charge < -0.3 is 9.47 Å². The van der Waals surface area contributed by atoms with Crippen molar-refractivity contribution in [2.75, 3.05) is 13.2 Å². The first-order valence-corrected chi connectivity index (χ1v) is 15.1. The first kappa shape index (κ1) is 25.7. The number of rotatable bonds is 11. The van der Waals surface area contributed by atoms with Crippen molar-refractivity contribution in [3.63, 3.8) is 0 Å². The van der Waals surface area contributed by atoms with Crippen LogP contribution >= 0.6 is 7.92 Å². The summed E-state index contributed by atoms with van der Waals surface area (Å²) < 4.78 is 12.4. The minimum Gasteiger partial charge on any atom is -0.475 e. The molecule has 0 amide bonds. The fraction of sp³-hybridized carbons (Fsp3) is 0.375. The minimum atomic E-state index is -0.892. The van der Waals surface area contributed by atoms with Gasteiger partial charge in [0.25, 0.3) is 0 Å². The highest BCUT2D eigenvalue weighted by Gasteiger charge is 2.29. The molecule has 3 aromatic carbocycles. The smallest absolute Gasteiger partial charge is 0.217 e. The predicted octanol–water partition coefficient (Wildman–Crippen LogP) is 6.12. The lowest BCUT2D eigenvalue weighted by Gasteiger charge is -2.24. The van der Waals surface area contributed by atoms with Gasteiger partial charge in [-0.2, -0.15) is 0 Å². The van der Waals surface area contributed by atoms with Gasteiger partial charge in [-0.05, 0) is 48.8 Å². The third-order valence-electron chi connectivity index (χ3n) is 6.97. The quantitative estimate of drug-likeness (QED) is 0.291. The van der Waals surface area contributed by atoms with E-state index in [0.29, 0.717) is 13.2 Å². The zero-order valence-corrected chi connectivity index (χ0v) is 22.9. The van der Waals surface area contributed by atoms with Gasteiger partial charge in [-0.3, -0.25) is 0 Å². The van der Waals surface area contributed by atoms with Gasteiger partial charge in [-0.1, -0.05) is 106 Å². The normalized spacial score (nSPS) is 18.9. The van der Waals surface area contributed by atoms with E-state index in [1.54, 1.807) is 0 Å². The number of benzene rings is 3. The molecule has 5 heteroatoms. The highest BCUT2D eigenvalue weighted by molar-refractivity contribution is 7.80. The van der Waals surface area contributed by atoms with Gasteiger partial charge in [0.2, 0.25) is 11.8 Å². The Labute approximate surface area is 222 Å². The van der Waals surface area contributed by atoms with E-state index in [-0.39, 0.29) is 12.1 Å². The van der Waals surface area contributed by atoms with E-state index in [4.69, 9.17) is 19.5 Å². The van der Waals surface area contributed by atoms with E-state index in [9.17, 15) is 0 Å². The molecular weight excluding hydrogens is 475 g/mol. The minimum absolute atomic E-state index is 0.250. The van der Waals surface area contributed by atoms with Crippen LogP contribution in [0.4, 0.5) is 0 Å². The number of hydrogen-bond donors (Lipinski definition) is 0. The standard InChI is InChI=1S/C32H37N2O2P/c1-3-5-14-24-22-35-31(33-24)27-18-10-12-20-29(27)37(26-16-8-7-9-17-26)30-21-13-11-19-28(30)32-34-25(23-36-32)15-6-4-2/h7-13,16-21,24-25H,3-6,14-15,22-23H2,1-2H3/t24-,25-/m0/s1. The van der Waals surface area contributed by atoms with Crippen molar-refractivity contribution in [2.24, 2.45) is 9.98 Å². The van der Waals surface area contributed by atoms with Crippen LogP contribution in [0.5, 0.6) is 0 Å². The van der Waals surface area contributed by atoms with Crippen molar-refractivity contribution in [3.8, 4) is 0 Å². The number of aliphatic imine (C=N–C) groups is 2. The SMILES string of the molecule is CCCC[C@H]1COC(c2ccccc2P(c2ccccc2)c2ccccc2C2=N[C@@H](CCCC)CO2)=N1. The Morgan fingerprint density at radius 2 is 1.11 bits per heavy atom. The molecule has 2 aliphatic heterocycles. The molecule has 192 valence electrons. The van der Waals surface area contributed by atoms with Crippen LogP contribution in [0.25, 0.3) is 0 Å². The molecule has 37 heavy (non-hydrogen) atoms. The van der Waals surface area contributed by atoms with Crippen molar-refractivity contribution in [1.82, 2.24) is 0 Å². The summed E-state index contributed by atoms with van der Waals surface area (Å²) in [5, 5.41) is 3.80. The molecule has 0 saturated heterocycles. The summed E-state index contributed by atoms with van der Waals surface area (Å²) in [6, 6.07) is 28.6. The summed E-state index contributed by atoms with van der Waals surface area (Å²) >= 11 is 0. The first-order valence-electron chi connectivity index (χ1n) is 13.7. The average Bonchev–Trinajstić information content (AvgIpc) is 3.62. The van der Waals surface area contributed by atoms with Crippen molar-refractivity contribution in [3.05, 3.63) is 90.0 Å². The van der Waals surface area contributed by atoms with Gasteiger partial charge in [-0.15, -0.1) is 0 Å². The van der Waals surface area contributed by atoms with E-state index in [1.807, 2.05) is 0 Å². The molecule has 2 aliphatic rings. The Kier molecular flexibility index (Phi) is 8.68. The van der Waals surface area contributed by atoms with Crippen molar-refractivity contribution < 1.29 is 9.47 Å². The number of ether oxygens (including phenoxy) is 2. The highest BCUT2D eigenvalue weighted by atomic mass is 31.1. The van der Waals surface area contributed by atoms with Crippen LogP contribution < -0.4 is 15.9 Å². The van der Waals surface area contributed by atoms with E-state index in [2.05, 4.69) is 92.7 Å². The molecule has 2 heterocycles. The third kappa shape index (κ3) is 5.96. The summed E-state index contributed by atoms with van der Waals surface area (Å²) in [7, 11) is -0.892. The van der Waals surface area contributed by atoms with E-state index in [1.165, 1.54) is 41.6 Å². The fourth-order valence-corrected chi connectivity index (χ4v) is 7.56. The first-order chi connectivity index (χ1) is 18.3. The lowest BCUT2D eigenvalue weighted by Crippen LogP contribution is -2.28. The molecule has 2 atom stereocenters. The van der Waals surface area contributed by atoms with Crippen molar-refractivity contribution >= 4 is 35.6 Å². The molecule has 0 unspecified atom stereocenters. The van der Waals surface area contributed by atoms with Gasteiger partial charge in [-0.25, -0.2) is 9.98 Å². The molecule has 4 nitrogen and oxygen atoms in total. The maximum atomic E-state index is 6.20. The van der Waals surface area contributed by atoms with Gasteiger partial charge >= 0.3 is 0 Å². The van der Waals surface area contributed by atoms with E-state index >= 15 is 0 Å². The lowest BCUT2D eigenvalue weighted by molar-refractivity contribution is 0.310. The molecule has 0 radical (unpaired) electrons. The van der Waals surface area contributed by atoms with Crippen LogP contribution in [-0.2, 0) is 9.47 Å². The van der Waals surface area contributed by atoms with Crippen LogP contribution in [0.15, 0.2) is 88.8 Å². The number of hydrogen-bond acceptors (Lipinski definition) is 4. The van der Waals surface area contributed by atoms with Crippen LogP contribution in [0.3, 0.4) is 0 Å². The second-order valence-corrected chi connectivity index (χ2v) is 11.9. The third-order valence-corrected chi connectivity index (χ3v) is 9.53. The van der Waals surface area contributed by atoms with Gasteiger partial charge in [0.15, 0.2) is 0 Å². The molecular formula is C32H37N2O2P. The Bertz CT molecular complexity index is 1160. The zero-order valence-electron chi connectivity index (χ0n) is 22.0. The molecule has 0 aliphatic carbocycles. The van der Waals surface area contributed by atoms with Crippen LogP contribution in [0, 0.1) is 0 Å². The second kappa shape index (κ2) is 12.5. The largest absolute Gasteiger partial charge is 0.475 e. The molecule has 0 N–H and O–H groups in total. The topological polar surface area (TPSA) is 43.2 Å². The van der Waals surface area contributed by atoms with Crippen molar-refractivity contribution in [2.45, 2.75) is 64.5 Å². The maximum absolute atomic E-state index is 6.20. The second-order valence-electron chi connectivity index (χ2n) is 9.79. The maximum Gasteiger partial charge on any atom is 0.217 e. The summed E-state index contributed by atoms with van der Waals surface area (Å²) in [6.45, 7) is 5.80. The predicted molar refractivity (Wildman–Crippen MR) is 157 cm³/mol. The Hall–Kier alpha value is -2.97. The monoisotopic (exact) mass is 512 g/mol. The summed E-state index contributed by atoms with van der Waals surface area (Å²) in [5.74, 6) is 1.57. The Balaban J connectivity index is 1.58. The average molecular weight is 513 g/mol. The Morgan fingerprint density at radius 1 is 0.649 bits per heavy atom. The summed E-state index contributed by atoms with van der Waals surface area (Å²) in [6.07, 6.45) is 6.87. The molecule has 0 spiro atoms. The molecule has 3 aromatic rings. The summed E-state index contributed by atoms with van der Waals surface area (Å²) in [5.41, 5.74) is 2.20. The van der Waals surface area contributed by atoms with E-state index < -0.39 is 7.92 Å². The molecule has 0 saturated carbocycles. The van der Waals surface area contributed by atoms with Gasteiger partial charge in [0.05, 0.1) is 12.1 Å². The van der Waals surface area contributed by atoms with Crippen LogP contribution in [-0.4, -0.2) is 37.1 Å². The number of nitrogens with zero attached hydrogens (tertiary/aromatic N) is 2. The fourth-order valence-electron chi connectivity index (χ4n) is 4.98. The highest BCUT2D eigenvalue weighted by Crippen LogP contribution is 2.37. The zero-order chi connectivity index (χ0) is 25.5. The van der Waals surface area contributed by atoms with Crippen LogP contribution in [0.1, 0.15) is 63.5 Å². The molecule has 0 bridgehead atoms. The molecule has 0 aromatic heterocycles. The molecule has 5 rings (SSSR count). The van der Waals surface area contributed by atoms with Gasteiger partial charge in [0, 0.05) is 11.1 Å². The van der Waals surface area contributed by atoms with Crippen LogP contribution in [0.2, 0.25) is 0 Å². The lowest BCUT2D eigenvalue weighted by atomic mass is 10.1. The Morgan fingerprint density at radius 3 is 1.59 bits per heavy atom. The van der Waals surface area contributed by atoms with Crippen molar-refractivity contribution in [1.29, 1.82) is 0 Å². The van der Waals surface area contributed by atoms with Gasteiger partial charge in [0.1, 0.15) is 13.2 Å². The summed E-state index contributed by atoms with van der Waals surface area (Å²) in [4.78, 5) is 10.0.